The van der Waals surface area contributed by atoms with Crippen LogP contribution < -0.4 is 5.32 Å². The van der Waals surface area contributed by atoms with Crippen LogP contribution in [0.5, 0.6) is 0 Å². The van der Waals surface area contributed by atoms with Crippen molar-refractivity contribution in [2.24, 2.45) is 0 Å². The molecule has 0 saturated heterocycles. The van der Waals surface area contributed by atoms with E-state index in [9.17, 15) is 19.5 Å². The van der Waals surface area contributed by atoms with E-state index in [0.29, 0.717) is 27.9 Å². The topological polar surface area (TPSA) is 92.7 Å². The fraction of sp³-hybridized carbons (Fsp3) is 0.190. The number of hydrogen-bond acceptors (Lipinski definition) is 6. The lowest BCUT2D eigenvalue weighted by molar-refractivity contribution is -0.141. The van der Waals surface area contributed by atoms with Crippen molar-refractivity contribution in [2.45, 2.75) is 13.0 Å². The molecule has 6 nitrogen and oxygen atoms in total. The molecule has 6 heteroatoms. The van der Waals surface area contributed by atoms with Crippen molar-refractivity contribution >= 4 is 23.2 Å². The third kappa shape index (κ3) is 3.80. The highest BCUT2D eigenvalue weighted by Gasteiger charge is 2.29. The highest BCUT2D eigenvalue weighted by Crippen LogP contribution is 2.29. The number of fused-ring (bicyclic) bond motifs is 2. The molecule has 2 N–H and O–H groups in total. The van der Waals surface area contributed by atoms with Gasteiger partial charge in [-0.05, 0) is 25.1 Å². The monoisotopic (exact) mass is 365 g/mol. The lowest BCUT2D eigenvalue weighted by Gasteiger charge is -2.19. The molecule has 1 unspecified atom stereocenters. The Morgan fingerprint density at radius 2 is 1.67 bits per heavy atom. The van der Waals surface area contributed by atoms with Crippen LogP contribution in [0.15, 0.2) is 54.6 Å². The first-order chi connectivity index (χ1) is 12.9. The van der Waals surface area contributed by atoms with E-state index in [0.717, 1.165) is 0 Å². The smallest absolute Gasteiger partial charge is 0.333 e. The summed E-state index contributed by atoms with van der Waals surface area (Å²) in [6.07, 6.45) is -0.928. The van der Waals surface area contributed by atoms with Gasteiger partial charge in [-0.15, -0.1) is 0 Å². The van der Waals surface area contributed by atoms with Crippen molar-refractivity contribution in [3.8, 4) is 0 Å². The summed E-state index contributed by atoms with van der Waals surface area (Å²) in [5.41, 5.74) is 2.32. The molecule has 0 amide bonds. The predicted molar refractivity (Wildman–Crippen MR) is 100 cm³/mol. The fourth-order valence-electron chi connectivity index (χ4n) is 2.80. The molecule has 1 aliphatic rings. The molecule has 3 rings (SSSR count). The normalized spacial score (nSPS) is 13.4. The molecular weight excluding hydrogens is 346 g/mol. The Balaban J connectivity index is 1.70. The maximum Gasteiger partial charge on any atom is 0.333 e. The van der Waals surface area contributed by atoms with Gasteiger partial charge in [0.15, 0.2) is 11.6 Å². The van der Waals surface area contributed by atoms with Crippen LogP contribution in [-0.4, -0.2) is 41.9 Å². The van der Waals surface area contributed by atoms with Crippen LogP contribution in [0, 0.1) is 0 Å². The third-order valence-corrected chi connectivity index (χ3v) is 4.22. The minimum atomic E-state index is -0.928. The summed E-state index contributed by atoms with van der Waals surface area (Å²) >= 11 is 0. The molecular formula is C21H19NO5. The highest BCUT2D eigenvalue weighted by atomic mass is 16.5. The number of ether oxygens (including phenoxy) is 1. The number of aliphatic hydroxyl groups is 1. The summed E-state index contributed by atoms with van der Waals surface area (Å²) in [5, 5.41) is 12.9. The maximum atomic E-state index is 12.7. The number of esters is 1. The fourth-order valence-corrected chi connectivity index (χ4v) is 2.80. The van der Waals surface area contributed by atoms with Crippen LogP contribution in [0.25, 0.3) is 0 Å². The number of ketones is 2. The summed E-state index contributed by atoms with van der Waals surface area (Å²) in [6.45, 7) is 4.93. The average Bonchev–Trinajstić information content (AvgIpc) is 2.68. The Morgan fingerprint density at radius 3 is 2.30 bits per heavy atom. The molecule has 27 heavy (non-hydrogen) atoms. The van der Waals surface area contributed by atoms with Crippen LogP contribution in [0.3, 0.4) is 0 Å². The largest absolute Gasteiger partial charge is 0.460 e. The zero-order valence-electron chi connectivity index (χ0n) is 14.8. The summed E-state index contributed by atoms with van der Waals surface area (Å²) in [7, 11) is 0. The van der Waals surface area contributed by atoms with Crippen molar-refractivity contribution in [3.63, 3.8) is 0 Å². The summed E-state index contributed by atoms with van der Waals surface area (Å²) in [5.74, 6) is -0.955. The second kappa shape index (κ2) is 7.55. The standard InChI is InChI=1S/C21H19NO5/c1-12(2)21(26)27-11-14(23)10-22-13-7-8-17-18(9-13)20(25)16-6-4-3-5-15(16)19(17)24/h3-9,14,22-23H,1,10-11H2,2H3. The van der Waals surface area contributed by atoms with Crippen LogP contribution in [0.2, 0.25) is 0 Å². The highest BCUT2D eigenvalue weighted by molar-refractivity contribution is 6.28. The van der Waals surface area contributed by atoms with Crippen molar-refractivity contribution in [3.05, 3.63) is 76.9 Å². The van der Waals surface area contributed by atoms with Gasteiger partial charge in [0, 0.05) is 40.1 Å². The molecule has 0 spiro atoms. The van der Waals surface area contributed by atoms with Gasteiger partial charge in [0.25, 0.3) is 0 Å². The first-order valence-electron chi connectivity index (χ1n) is 8.45. The van der Waals surface area contributed by atoms with E-state index in [1.165, 1.54) is 6.92 Å². The van der Waals surface area contributed by atoms with Crippen molar-refractivity contribution in [1.29, 1.82) is 0 Å². The Kier molecular flexibility index (Phi) is 5.19. The van der Waals surface area contributed by atoms with Crippen LogP contribution >= 0.6 is 0 Å². The Bertz CT molecular complexity index is 947. The number of rotatable bonds is 6. The van der Waals surface area contributed by atoms with Gasteiger partial charge in [0.2, 0.25) is 0 Å². The molecule has 0 fully saturated rings. The second-order valence-electron chi connectivity index (χ2n) is 6.38. The first-order valence-corrected chi connectivity index (χ1v) is 8.45. The molecule has 0 aliphatic heterocycles. The second-order valence-corrected chi connectivity index (χ2v) is 6.38. The molecule has 0 radical (unpaired) electrons. The number of carbonyl (C=O) groups excluding carboxylic acids is 3. The number of benzene rings is 2. The number of carbonyl (C=O) groups is 3. The van der Waals surface area contributed by atoms with Gasteiger partial charge in [-0.3, -0.25) is 9.59 Å². The van der Waals surface area contributed by atoms with E-state index in [4.69, 9.17) is 4.74 Å². The van der Waals surface area contributed by atoms with Crippen LogP contribution in [-0.2, 0) is 9.53 Å². The van der Waals surface area contributed by atoms with Crippen LogP contribution in [0.1, 0.15) is 38.8 Å². The number of nitrogens with one attached hydrogen (secondary N) is 1. The Hall–Kier alpha value is -3.25. The van der Waals surface area contributed by atoms with Gasteiger partial charge in [0.05, 0.1) is 0 Å². The van der Waals surface area contributed by atoms with Gasteiger partial charge in [-0.2, -0.15) is 0 Å². The lowest BCUT2D eigenvalue weighted by atomic mass is 9.84. The number of hydrogen-bond donors (Lipinski definition) is 2. The number of anilines is 1. The molecule has 0 aromatic heterocycles. The van der Waals surface area contributed by atoms with Gasteiger partial charge in [0.1, 0.15) is 12.7 Å². The van der Waals surface area contributed by atoms with E-state index < -0.39 is 12.1 Å². The third-order valence-electron chi connectivity index (χ3n) is 4.22. The van der Waals surface area contributed by atoms with E-state index >= 15 is 0 Å². The van der Waals surface area contributed by atoms with E-state index in [1.54, 1.807) is 42.5 Å². The van der Waals surface area contributed by atoms with Crippen molar-refractivity contribution in [1.82, 2.24) is 0 Å². The Labute approximate surface area is 156 Å². The number of aliphatic hydroxyl groups excluding tert-OH is 1. The SMILES string of the molecule is C=C(C)C(=O)OCC(O)CNc1ccc2c(c1)C(=O)c1ccccc1C2=O. The summed E-state index contributed by atoms with van der Waals surface area (Å²) in [4.78, 5) is 36.6. The minimum absolute atomic E-state index is 0.112. The van der Waals surface area contributed by atoms with Gasteiger partial charge >= 0.3 is 5.97 Å². The zero-order chi connectivity index (χ0) is 19.6. The van der Waals surface area contributed by atoms with Crippen molar-refractivity contribution < 1.29 is 24.2 Å². The average molecular weight is 365 g/mol. The zero-order valence-corrected chi connectivity index (χ0v) is 14.8. The molecule has 1 aliphatic carbocycles. The quantitative estimate of drug-likeness (QED) is 0.515. The first kappa shape index (κ1) is 18.5. The molecule has 0 bridgehead atoms. The van der Waals surface area contributed by atoms with Gasteiger partial charge in [-0.1, -0.05) is 30.8 Å². The predicted octanol–water partition coefficient (Wildman–Crippen LogP) is 2.35. The van der Waals surface area contributed by atoms with Gasteiger partial charge < -0.3 is 15.2 Å². The van der Waals surface area contributed by atoms with E-state index in [2.05, 4.69) is 11.9 Å². The van der Waals surface area contributed by atoms with Crippen molar-refractivity contribution in [2.75, 3.05) is 18.5 Å². The molecule has 2 aromatic rings. The van der Waals surface area contributed by atoms with Gasteiger partial charge in [-0.25, -0.2) is 4.79 Å². The summed E-state index contributed by atoms with van der Waals surface area (Å²) in [6, 6.07) is 11.6. The molecule has 0 saturated carbocycles. The van der Waals surface area contributed by atoms with E-state index in [1.807, 2.05) is 0 Å². The summed E-state index contributed by atoms with van der Waals surface area (Å²) < 4.78 is 4.89. The van der Waals surface area contributed by atoms with E-state index in [-0.39, 0.29) is 30.3 Å². The lowest BCUT2D eigenvalue weighted by Crippen LogP contribution is -2.27. The molecule has 2 aromatic carbocycles. The minimum Gasteiger partial charge on any atom is -0.460 e. The molecule has 138 valence electrons. The molecule has 1 atom stereocenters. The van der Waals surface area contributed by atoms with Crippen LogP contribution in [0.4, 0.5) is 5.69 Å². The maximum absolute atomic E-state index is 12.7. The Morgan fingerprint density at radius 1 is 1.07 bits per heavy atom. The molecule has 0 heterocycles.